The molecule has 1 atom stereocenters. The predicted octanol–water partition coefficient (Wildman–Crippen LogP) is 1.16. The first kappa shape index (κ1) is 17.1. The average Bonchev–Trinajstić information content (AvgIpc) is 3.10. The van der Waals surface area contributed by atoms with Crippen LogP contribution >= 0.6 is 0 Å². The minimum Gasteiger partial charge on any atom is -0.493 e. The van der Waals surface area contributed by atoms with Crippen molar-refractivity contribution >= 4 is 11.9 Å². The Kier molecular flexibility index (Phi) is 6.22. The van der Waals surface area contributed by atoms with Crippen molar-refractivity contribution in [3.63, 3.8) is 0 Å². The molecule has 1 aromatic carbocycles. The number of carbonyl (C=O) groups is 2. The van der Waals surface area contributed by atoms with Gasteiger partial charge >= 0.3 is 5.97 Å². The molecular formula is C16H21NO6. The molecule has 1 saturated heterocycles. The van der Waals surface area contributed by atoms with Crippen molar-refractivity contribution in [1.29, 1.82) is 0 Å². The van der Waals surface area contributed by atoms with Gasteiger partial charge < -0.3 is 24.3 Å². The first-order chi connectivity index (χ1) is 11.1. The van der Waals surface area contributed by atoms with Gasteiger partial charge in [-0.1, -0.05) is 0 Å². The molecule has 1 aliphatic heterocycles. The SMILES string of the molecule is COc1ccc(C(=O)OCC(=O)NC[C@@H]2CCCO2)cc1OC. The average molecular weight is 323 g/mol. The van der Waals surface area contributed by atoms with Crippen molar-refractivity contribution in [1.82, 2.24) is 5.32 Å². The van der Waals surface area contributed by atoms with E-state index in [1.165, 1.54) is 20.3 Å². The summed E-state index contributed by atoms with van der Waals surface area (Å²) in [7, 11) is 2.99. The lowest BCUT2D eigenvalue weighted by atomic mass is 10.2. The molecule has 1 amide bonds. The molecule has 0 radical (unpaired) electrons. The van der Waals surface area contributed by atoms with Crippen LogP contribution in [-0.4, -0.2) is 52.0 Å². The van der Waals surface area contributed by atoms with Crippen LogP contribution in [0.25, 0.3) is 0 Å². The Hall–Kier alpha value is -2.28. The second-order valence-corrected chi connectivity index (χ2v) is 5.09. The van der Waals surface area contributed by atoms with Gasteiger partial charge in [0.1, 0.15) is 0 Å². The van der Waals surface area contributed by atoms with Crippen LogP contribution in [0.3, 0.4) is 0 Å². The number of methoxy groups -OCH3 is 2. The molecule has 2 rings (SSSR count). The van der Waals surface area contributed by atoms with Crippen LogP contribution in [0.2, 0.25) is 0 Å². The van der Waals surface area contributed by atoms with E-state index >= 15 is 0 Å². The molecule has 0 aromatic heterocycles. The normalized spacial score (nSPS) is 16.7. The molecule has 1 aromatic rings. The Morgan fingerprint density at radius 1 is 1.26 bits per heavy atom. The van der Waals surface area contributed by atoms with Gasteiger partial charge in [0.15, 0.2) is 18.1 Å². The van der Waals surface area contributed by atoms with E-state index in [1.54, 1.807) is 12.1 Å². The summed E-state index contributed by atoms with van der Waals surface area (Å²) in [4.78, 5) is 23.6. The van der Waals surface area contributed by atoms with Gasteiger partial charge in [0.05, 0.1) is 25.9 Å². The Morgan fingerprint density at radius 3 is 2.70 bits per heavy atom. The minimum atomic E-state index is -0.599. The summed E-state index contributed by atoms with van der Waals surface area (Å²) in [5, 5.41) is 2.69. The lowest BCUT2D eigenvalue weighted by molar-refractivity contribution is -0.124. The molecule has 0 spiro atoms. The van der Waals surface area contributed by atoms with Gasteiger partial charge in [0.2, 0.25) is 0 Å². The van der Waals surface area contributed by atoms with E-state index < -0.39 is 5.97 Å². The first-order valence-corrected chi connectivity index (χ1v) is 7.41. The van der Waals surface area contributed by atoms with Crippen LogP contribution in [0.1, 0.15) is 23.2 Å². The van der Waals surface area contributed by atoms with Gasteiger partial charge in [-0.15, -0.1) is 0 Å². The fourth-order valence-electron chi connectivity index (χ4n) is 2.26. The molecule has 1 heterocycles. The Morgan fingerprint density at radius 2 is 2.04 bits per heavy atom. The molecule has 0 unspecified atom stereocenters. The number of esters is 1. The Balaban J connectivity index is 1.80. The maximum absolute atomic E-state index is 12.0. The number of amides is 1. The summed E-state index contributed by atoms with van der Waals surface area (Å²) < 4.78 is 20.6. The van der Waals surface area contributed by atoms with Crippen LogP contribution in [0, 0.1) is 0 Å². The van der Waals surface area contributed by atoms with Crippen molar-refractivity contribution in [3.05, 3.63) is 23.8 Å². The number of benzene rings is 1. The molecule has 23 heavy (non-hydrogen) atoms. The number of carbonyl (C=O) groups excluding carboxylic acids is 2. The lowest BCUT2D eigenvalue weighted by Crippen LogP contribution is -2.34. The van der Waals surface area contributed by atoms with Crippen molar-refractivity contribution in [2.24, 2.45) is 0 Å². The molecule has 7 heteroatoms. The third kappa shape index (κ3) is 4.85. The zero-order valence-electron chi connectivity index (χ0n) is 13.3. The van der Waals surface area contributed by atoms with Gasteiger partial charge in [-0.2, -0.15) is 0 Å². The predicted molar refractivity (Wildman–Crippen MR) is 81.8 cm³/mol. The third-order valence-corrected chi connectivity index (χ3v) is 3.50. The van der Waals surface area contributed by atoms with E-state index in [-0.39, 0.29) is 24.2 Å². The summed E-state index contributed by atoms with van der Waals surface area (Å²) in [5.74, 6) is -0.0179. The highest BCUT2D eigenvalue weighted by Gasteiger charge is 2.17. The van der Waals surface area contributed by atoms with Crippen LogP contribution in [0.15, 0.2) is 18.2 Å². The van der Waals surface area contributed by atoms with Crippen molar-refractivity contribution in [3.8, 4) is 11.5 Å². The van der Waals surface area contributed by atoms with Crippen LogP contribution in [0.5, 0.6) is 11.5 Å². The molecular weight excluding hydrogens is 302 g/mol. The van der Waals surface area contributed by atoms with E-state index in [9.17, 15) is 9.59 Å². The highest BCUT2D eigenvalue weighted by atomic mass is 16.5. The van der Waals surface area contributed by atoms with E-state index in [0.717, 1.165) is 19.4 Å². The number of nitrogens with one attached hydrogen (secondary N) is 1. The summed E-state index contributed by atoms with van der Waals surface area (Å²) in [5.41, 5.74) is 0.287. The molecule has 7 nitrogen and oxygen atoms in total. The third-order valence-electron chi connectivity index (χ3n) is 3.50. The van der Waals surface area contributed by atoms with Gasteiger partial charge in [-0.05, 0) is 31.0 Å². The number of rotatable bonds is 7. The van der Waals surface area contributed by atoms with Gasteiger partial charge in [0.25, 0.3) is 5.91 Å². The number of hydrogen-bond donors (Lipinski definition) is 1. The Labute approximate surface area is 134 Å². The maximum atomic E-state index is 12.0. The summed E-state index contributed by atoms with van der Waals surface area (Å²) in [6, 6.07) is 4.66. The lowest BCUT2D eigenvalue weighted by Gasteiger charge is -2.11. The number of ether oxygens (including phenoxy) is 4. The smallest absolute Gasteiger partial charge is 0.338 e. The van der Waals surface area contributed by atoms with E-state index in [2.05, 4.69) is 5.32 Å². The minimum absolute atomic E-state index is 0.0560. The summed E-state index contributed by atoms with van der Waals surface area (Å²) in [6.07, 6.45) is 2.00. The zero-order valence-corrected chi connectivity index (χ0v) is 13.3. The Bertz CT molecular complexity index is 554. The number of hydrogen-bond acceptors (Lipinski definition) is 6. The molecule has 0 aliphatic carbocycles. The summed E-state index contributed by atoms with van der Waals surface area (Å²) >= 11 is 0. The zero-order chi connectivity index (χ0) is 16.7. The van der Waals surface area contributed by atoms with Gasteiger partial charge in [0, 0.05) is 13.2 Å². The van der Waals surface area contributed by atoms with E-state index in [4.69, 9.17) is 18.9 Å². The highest BCUT2D eigenvalue weighted by molar-refractivity contribution is 5.92. The van der Waals surface area contributed by atoms with Crippen molar-refractivity contribution < 1.29 is 28.5 Å². The van der Waals surface area contributed by atoms with E-state index in [1.807, 2.05) is 0 Å². The maximum Gasteiger partial charge on any atom is 0.338 e. The molecule has 1 aliphatic rings. The topological polar surface area (TPSA) is 83.1 Å². The van der Waals surface area contributed by atoms with Crippen molar-refractivity contribution in [2.75, 3.05) is 34.0 Å². The molecule has 1 N–H and O–H groups in total. The first-order valence-electron chi connectivity index (χ1n) is 7.41. The molecule has 0 bridgehead atoms. The van der Waals surface area contributed by atoms with Crippen molar-refractivity contribution in [2.45, 2.75) is 18.9 Å². The second-order valence-electron chi connectivity index (χ2n) is 5.09. The van der Waals surface area contributed by atoms with Crippen LogP contribution in [0.4, 0.5) is 0 Å². The van der Waals surface area contributed by atoms with Gasteiger partial charge in [-0.3, -0.25) is 4.79 Å². The quantitative estimate of drug-likeness (QED) is 0.758. The van der Waals surface area contributed by atoms with Gasteiger partial charge in [-0.25, -0.2) is 4.79 Å². The second kappa shape index (κ2) is 8.38. The molecule has 126 valence electrons. The highest BCUT2D eigenvalue weighted by Crippen LogP contribution is 2.27. The molecule has 1 fully saturated rings. The largest absolute Gasteiger partial charge is 0.493 e. The van der Waals surface area contributed by atoms with Crippen LogP contribution in [-0.2, 0) is 14.3 Å². The fourth-order valence-corrected chi connectivity index (χ4v) is 2.26. The standard InChI is InChI=1S/C16H21NO6/c1-20-13-6-5-11(8-14(13)21-2)16(19)23-10-15(18)17-9-12-4-3-7-22-12/h5-6,8,12H,3-4,7,9-10H2,1-2H3,(H,17,18)/t12-/m0/s1. The molecule has 0 saturated carbocycles. The monoisotopic (exact) mass is 323 g/mol. The summed E-state index contributed by atoms with van der Waals surface area (Å²) in [6.45, 7) is 0.835. The van der Waals surface area contributed by atoms with E-state index in [0.29, 0.717) is 18.0 Å². The van der Waals surface area contributed by atoms with Crippen LogP contribution < -0.4 is 14.8 Å². The fraction of sp³-hybridized carbons (Fsp3) is 0.500.